The quantitative estimate of drug-likeness (QED) is 0.880. The van der Waals surface area contributed by atoms with Crippen LogP contribution in [0.25, 0.3) is 0 Å². The fourth-order valence-electron chi connectivity index (χ4n) is 3.98. The molecular formula is C20H28N2O3. The number of hydrogen-bond acceptors (Lipinski definition) is 3. The molecule has 5 heteroatoms. The van der Waals surface area contributed by atoms with Gasteiger partial charge in [-0.15, -0.1) is 0 Å². The van der Waals surface area contributed by atoms with Crippen LogP contribution in [-0.2, 0) is 4.79 Å². The van der Waals surface area contributed by atoms with Gasteiger partial charge < -0.3 is 15.3 Å². The van der Waals surface area contributed by atoms with Gasteiger partial charge in [0.1, 0.15) is 0 Å². The van der Waals surface area contributed by atoms with Gasteiger partial charge in [0, 0.05) is 23.8 Å². The van der Waals surface area contributed by atoms with E-state index in [-0.39, 0.29) is 24.3 Å². The third-order valence-corrected chi connectivity index (χ3v) is 5.50. The Morgan fingerprint density at radius 3 is 2.48 bits per heavy atom. The zero-order valence-corrected chi connectivity index (χ0v) is 15.0. The van der Waals surface area contributed by atoms with Gasteiger partial charge in [0.15, 0.2) is 0 Å². The van der Waals surface area contributed by atoms with Crippen molar-refractivity contribution in [3.63, 3.8) is 0 Å². The predicted octanol–water partition coefficient (Wildman–Crippen LogP) is 3.33. The number of amides is 2. The van der Waals surface area contributed by atoms with Crippen molar-refractivity contribution in [1.29, 1.82) is 0 Å². The molecule has 1 heterocycles. The highest BCUT2D eigenvalue weighted by Gasteiger charge is 2.33. The third-order valence-electron chi connectivity index (χ3n) is 5.50. The largest absolute Gasteiger partial charge is 0.389 e. The van der Waals surface area contributed by atoms with E-state index in [1.54, 1.807) is 24.3 Å². The third kappa shape index (κ3) is 4.40. The molecule has 2 fully saturated rings. The number of hydrogen-bond donors (Lipinski definition) is 2. The van der Waals surface area contributed by atoms with Crippen LogP contribution in [0.5, 0.6) is 0 Å². The number of rotatable bonds is 4. The lowest BCUT2D eigenvalue weighted by Gasteiger charge is -2.33. The van der Waals surface area contributed by atoms with Crippen LogP contribution >= 0.6 is 0 Å². The molecule has 1 unspecified atom stereocenters. The second-order valence-corrected chi connectivity index (χ2v) is 7.58. The zero-order valence-electron chi connectivity index (χ0n) is 15.0. The van der Waals surface area contributed by atoms with Crippen LogP contribution in [0.4, 0.5) is 5.69 Å². The lowest BCUT2D eigenvalue weighted by Crippen LogP contribution is -2.42. The molecule has 1 saturated carbocycles. The summed E-state index contributed by atoms with van der Waals surface area (Å²) < 4.78 is 0. The van der Waals surface area contributed by atoms with Crippen molar-refractivity contribution in [1.82, 2.24) is 4.90 Å². The van der Waals surface area contributed by atoms with Gasteiger partial charge in [-0.05, 0) is 63.3 Å². The Hall–Kier alpha value is -1.88. The molecule has 0 aromatic heterocycles. The fourth-order valence-corrected chi connectivity index (χ4v) is 3.98. The van der Waals surface area contributed by atoms with Gasteiger partial charge in [-0.1, -0.05) is 12.8 Å². The second kappa shape index (κ2) is 7.56. The lowest BCUT2D eigenvalue weighted by molar-refractivity contribution is -0.120. The lowest BCUT2D eigenvalue weighted by atomic mass is 9.97. The Kier molecular flexibility index (Phi) is 5.42. The van der Waals surface area contributed by atoms with Gasteiger partial charge >= 0.3 is 0 Å². The topological polar surface area (TPSA) is 69.6 Å². The van der Waals surface area contributed by atoms with Crippen LogP contribution in [0.15, 0.2) is 24.3 Å². The van der Waals surface area contributed by atoms with Crippen LogP contribution in [0, 0.1) is 0 Å². The summed E-state index contributed by atoms with van der Waals surface area (Å²) in [5, 5.41) is 13.1. The van der Waals surface area contributed by atoms with Gasteiger partial charge in [0.25, 0.3) is 5.91 Å². The van der Waals surface area contributed by atoms with E-state index in [1.807, 2.05) is 4.90 Å². The molecular weight excluding hydrogens is 316 g/mol. The number of carbonyl (C=O) groups is 2. The summed E-state index contributed by atoms with van der Waals surface area (Å²) in [6.07, 6.45) is 6.80. The molecule has 1 aliphatic heterocycles. The van der Waals surface area contributed by atoms with Crippen LogP contribution in [0.3, 0.4) is 0 Å². The van der Waals surface area contributed by atoms with E-state index in [0.717, 1.165) is 32.2 Å². The molecule has 1 aromatic rings. The summed E-state index contributed by atoms with van der Waals surface area (Å²) in [5.74, 6) is -0.113. The van der Waals surface area contributed by atoms with Crippen LogP contribution < -0.4 is 5.32 Å². The van der Waals surface area contributed by atoms with Crippen molar-refractivity contribution in [2.45, 2.75) is 69.9 Å². The molecule has 0 radical (unpaired) electrons. The standard InChI is InChI=1S/C20H28N2O3/c1-15-6-2-5-13-22(15)19(24)16-7-9-17(10-8-16)21-18(23)14-20(25)11-3-4-12-20/h7-10,15,25H,2-6,11-14H2,1H3,(H,21,23). The minimum atomic E-state index is -0.843. The Balaban J connectivity index is 1.58. The van der Waals surface area contributed by atoms with Gasteiger partial charge in [-0.3, -0.25) is 9.59 Å². The Labute approximate surface area is 149 Å². The number of benzene rings is 1. The highest BCUT2D eigenvalue weighted by atomic mass is 16.3. The van der Waals surface area contributed by atoms with Crippen LogP contribution in [0.2, 0.25) is 0 Å². The summed E-state index contributed by atoms with van der Waals surface area (Å²) in [5.41, 5.74) is 0.473. The first kappa shape index (κ1) is 17.9. The normalized spacial score (nSPS) is 22.6. The Morgan fingerprint density at radius 2 is 1.84 bits per heavy atom. The van der Waals surface area contributed by atoms with E-state index < -0.39 is 5.60 Å². The summed E-state index contributed by atoms with van der Waals surface area (Å²) >= 11 is 0. The SMILES string of the molecule is CC1CCCCN1C(=O)c1ccc(NC(=O)CC2(O)CCCC2)cc1. The van der Waals surface area contributed by atoms with Crippen LogP contribution in [-0.4, -0.2) is 40.0 Å². The van der Waals surface area contributed by atoms with Crippen molar-refractivity contribution in [3.8, 4) is 0 Å². The molecule has 1 saturated heterocycles. The van der Waals surface area contributed by atoms with E-state index in [2.05, 4.69) is 12.2 Å². The molecule has 3 rings (SSSR count). The van der Waals surface area contributed by atoms with Crippen molar-refractivity contribution < 1.29 is 14.7 Å². The molecule has 1 aliphatic carbocycles. The minimum absolute atomic E-state index is 0.0605. The average Bonchev–Trinajstić information content (AvgIpc) is 3.01. The highest BCUT2D eigenvalue weighted by Crippen LogP contribution is 2.32. The number of anilines is 1. The molecule has 0 spiro atoms. The number of nitrogens with one attached hydrogen (secondary N) is 1. The van der Waals surface area contributed by atoms with E-state index in [9.17, 15) is 14.7 Å². The van der Waals surface area contributed by atoms with Gasteiger partial charge in [-0.2, -0.15) is 0 Å². The maximum Gasteiger partial charge on any atom is 0.254 e. The molecule has 136 valence electrons. The van der Waals surface area contributed by atoms with E-state index in [1.165, 1.54) is 6.42 Å². The van der Waals surface area contributed by atoms with Gasteiger partial charge in [0.2, 0.25) is 5.91 Å². The summed E-state index contributed by atoms with van der Waals surface area (Å²) in [6.45, 7) is 2.91. The van der Waals surface area contributed by atoms with E-state index in [0.29, 0.717) is 24.1 Å². The van der Waals surface area contributed by atoms with Crippen molar-refractivity contribution in [3.05, 3.63) is 29.8 Å². The molecule has 2 amide bonds. The summed E-state index contributed by atoms with van der Waals surface area (Å²) in [6, 6.07) is 7.34. The molecule has 1 aromatic carbocycles. The second-order valence-electron chi connectivity index (χ2n) is 7.58. The van der Waals surface area contributed by atoms with Gasteiger partial charge in [-0.25, -0.2) is 0 Å². The first-order valence-corrected chi connectivity index (χ1v) is 9.40. The Bertz CT molecular complexity index is 620. The number of aliphatic hydroxyl groups is 1. The maximum absolute atomic E-state index is 12.6. The first-order chi connectivity index (χ1) is 12.0. The number of piperidine rings is 1. The molecule has 1 atom stereocenters. The number of nitrogens with zero attached hydrogens (tertiary/aromatic N) is 1. The fraction of sp³-hybridized carbons (Fsp3) is 0.600. The monoisotopic (exact) mass is 344 g/mol. The molecule has 2 aliphatic rings. The smallest absolute Gasteiger partial charge is 0.254 e. The average molecular weight is 344 g/mol. The zero-order chi connectivity index (χ0) is 17.9. The Morgan fingerprint density at radius 1 is 1.16 bits per heavy atom. The summed E-state index contributed by atoms with van der Waals surface area (Å²) in [7, 11) is 0. The molecule has 25 heavy (non-hydrogen) atoms. The van der Waals surface area contributed by atoms with E-state index in [4.69, 9.17) is 0 Å². The molecule has 0 bridgehead atoms. The first-order valence-electron chi connectivity index (χ1n) is 9.40. The maximum atomic E-state index is 12.6. The number of likely N-dealkylation sites (tertiary alicyclic amines) is 1. The predicted molar refractivity (Wildman–Crippen MR) is 97.5 cm³/mol. The van der Waals surface area contributed by atoms with Crippen molar-refractivity contribution in [2.75, 3.05) is 11.9 Å². The van der Waals surface area contributed by atoms with Crippen molar-refractivity contribution in [2.24, 2.45) is 0 Å². The number of carbonyl (C=O) groups excluding carboxylic acids is 2. The summed E-state index contributed by atoms with van der Waals surface area (Å²) in [4.78, 5) is 26.7. The highest BCUT2D eigenvalue weighted by molar-refractivity contribution is 5.96. The van der Waals surface area contributed by atoms with E-state index >= 15 is 0 Å². The van der Waals surface area contributed by atoms with Crippen molar-refractivity contribution >= 4 is 17.5 Å². The molecule has 5 nitrogen and oxygen atoms in total. The van der Waals surface area contributed by atoms with Gasteiger partial charge in [0.05, 0.1) is 12.0 Å². The van der Waals surface area contributed by atoms with Crippen LogP contribution in [0.1, 0.15) is 68.6 Å². The molecule has 2 N–H and O–H groups in total. The minimum Gasteiger partial charge on any atom is -0.389 e.